The molecule has 6 nitrogen and oxygen atoms in total. The second kappa shape index (κ2) is 7.52. The molecule has 0 aliphatic carbocycles. The van der Waals surface area contributed by atoms with Gasteiger partial charge in [0.25, 0.3) is 5.91 Å². The summed E-state index contributed by atoms with van der Waals surface area (Å²) < 4.78 is 0. The zero-order valence-corrected chi connectivity index (χ0v) is 12.7. The molecule has 0 radical (unpaired) electrons. The molecule has 1 aromatic carbocycles. The predicted molar refractivity (Wildman–Crippen MR) is 81.6 cm³/mol. The van der Waals surface area contributed by atoms with Crippen LogP contribution in [-0.4, -0.2) is 40.0 Å². The Morgan fingerprint density at radius 1 is 1.43 bits per heavy atom. The Balaban J connectivity index is 2.90. The van der Waals surface area contributed by atoms with Crippen molar-refractivity contribution in [1.29, 1.82) is 0 Å². The minimum Gasteiger partial charge on any atom is -0.508 e. The molecule has 0 bridgehead atoms. The number of aromatic hydroxyl groups is 1. The van der Waals surface area contributed by atoms with E-state index in [0.29, 0.717) is 36.6 Å². The number of amidine groups is 1. The molecule has 4 N–H and O–H groups in total. The molecule has 1 aromatic rings. The van der Waals surface area contributed by atoms with Crippen LogP contribution in [0.4, 0.5) is 0 Å². The topological polar surface area (TPSA) is 99.2 Å². The maximum Gasteiger partial charge on any atom is 0.253 e. The first-order chi connectivity index (χ1) is 9.85. The lowest BCUT2D eigenvalue weighted by molar-refractivity contribution is 0.0740. The van der Waals surface area contributed by atoms with Crippen LogP contribution in [0.5, 0.6) is 5.75 Å². The van der Waals surface area contributed by atoms with Gasteiger partial charge in [-0.3, -0.25) is 4.79 Å². The molecular weight excluding hydrogens is 270 g/mol. The van der Waals surface area contributed by atoms with Gasteiger partial charge in [0.15, 0.2) is 0 Å². The predicted octanol–water partition coefficient (Wildman–Crippen LogP) is 1.94. The van der Waals surface area contributed by atoms with Crippen molar-refractivity contribution in [3.63, 3.8) is 0 Å². The van der Waals surface area contributed by atoms with Crippen LogP contribution in [0.15, 0.2) is 23.4 Å². The normalized spacial score (nSPS) is 11.7. The number of phenols is 1. The van der Waals surface area contributed by atoms with Crippen LogP contribution in [0.25, 0.3) is 0 Å². The van der Waals surface area contributed by atoms with Crippen molar-refractivity contribution < 1.29 is 15.1 Å². The van der Waals surface area contributed by atoms with Gasteiger partial charge in [0.2, 0.25) is 0 Å². The molecule has 0 saturated carbocycles. The number of oxime groups is 1. The number of nitrogens with zero attached hydrogens (tertiary/aromatic N) is 2. The highest BCUT2D eigenvalue weighted by Crippen LogP contribution is 2.18. The molecule has 0 aromatic heterocycles. The van der Waals surface area contributed by atoms with E-state index in [4.69, 9.17) is 10.9 Å². The number of phenolic OH excluding ortho intramolecular Hbond substituents is 1. The molecule has 6 heteroatoms. The molecule has 0 saturated heterocycles. The summed E-state index contributed by atoms with van der Waals surface area (Å²) in [6.45, 7) is 6.75. The van der Waals surface area contributed by atoms with E-state index >= 15 is 0 Å². The van der Waals surface area contributed by atoms with Gasteiger partial charge in [-0.25, -0.2) is 0 Å². The Kier molecular flexibility index (Phi) is 6.02. The SMILES string of the molecule is Cc1cc(C(=O)N(CC/C(N)=N/O)CC(C)C)ccc1O. The Bertz CT molecular complexity index is 527. The second-order valence-corrected chi connectivity index (χ2v) is 5.49. The standard InChI is InChI=1S/C15H23N3O3/c1-10(2)9-18(7-6-14(16)17-21)15(20)12-4-5-13(19)11(3)8-12/h4-5,8,10,19,21H,6-7,9H2,1-3H3,(H2,16,17). The van der Waals surface area contributed by atoms with Crippen LogP contribution >= 0.6 is 0 Å². The smallest absolute Gasteiger partial charge is 0.253 e. The number of carbonyl (C=O) groups is 1. The number of hydrogen-bond donors (Lipinski definition) is 3. The highest BCUT2D eigenvalue weighted by molar-refractivity contribution is 5.95. The minimum absolute atomic E-state index is 0.0958. The Hall–Kier alpha value is -2.24. The van der Waals surface area contributed by atoms with Crippen LogP contribution in [0.1, 0.15) is 36.2 Å². The summed E-state index contributed by atoms with van der Waals surface area (Å²) in [5, 5.41) is 21.0. The summed E-state index contributed by atoms with van der Waals surface area (Å²) in [6, 6.07) is 4.77. The molecule has 0 heterocycles. The summed E-state index contributed by atoms with van der Waals surface area (Å²) >= 11 is 0. The first kappa shape index (κ1) is 16.8. The number of rotatable bonds is 6. The van der Waals surface area contributed by atoms with E-state index in [2.05, 4.69) is 5.16 Å². The van der Waals surface area contributed by atoms with E-state index in [1.807, 2.05) is 13.8 Å². The third-order valence-electron chi connectivity index (χ3n) is 3.08. The first-order valence-corrected chi connectivity index (χ1v) is 6.90. The van der Waals surface area contributed by atoms with E-state index in [1.165, 1.54) is 6.07 Å². The minimum atomic E-state index is -0.127. The van der Waals surface area contributed by atoms with Crippen molar-refractivity contribution in [2.75, 3.05) is 13.1 Å². The number of carbonyl (C=O) groups excluding carboxylic acids is 1. The number of nitrogens with two attached hydrogens (primary N) is 1. The maximum absolute atomic E-state index is 12.5. The molecule has 0 fully saturated rings. The van der Waals surface area contributed by atoms with Gasteiger partial charge in [0.1, 0.15) is 11.6 Å². The van der Waals surface area contributed by atoms with Gasteiger partial charge in [0.05, 0.1) is 0 Å². The largest absolute Gasteiger partial charge is 0.508 e. The quantitative estimate of drug-likeness (QED) is 0.323. The fourth-order valence-electron chi connectivity index (χ4n) is 1.99. The Morgan fingerprint density at radius 3 is 2.62 bits per heavy atom. The lowest BCUT2D eigenvalue weighted by Crippen LogP contribution is -2.36. The van der Waals surface area contributed by atoms with Crippen molar-refractivity contribution in [3.8, 4) is 5.75 Å². The summed E-state index contributed by atoms with van der Waals surface area (Å²) in [5.41, 5.74) is 6.64. The van der Waals surface area contributed by atoms with Gasteiger partial charge in [-0.1, -0.05) is 19.0 Å². The first-order valence-electron chi connectivity index (χ1n) is 6.90. The molecule has 1 amide bonds. The van der Waals surface area contributed by atoms with E-state index in [1.54, 1.807) is 24.0 Å². The van der Waals surface area contributed by atoms with Crippen molar-refractivity contribution in [1.82, 2.24) is 4.90 Å². The lowest BCUT2D eigenvalue weighted by Gasteiger charge is -2.24. The number of amides is 1. The fourth-order valence-corrected chi connectivity index (χ4v) is 1.99. The van der Waals surface area contributed by atoms with Crippen LogP contribution < -0.4 is 5.73 Å². The van der Waals surface area contributed by atoms with Crippen molar-refractivity contribution >= 4 is 11.7 Å². The molecule has 21 heavy (non-hydrogen) atoms. The molecular formula is C15H23N3O3. The molecule has 0 aliphatic rings. The molecule has 1 rings (SSSR count). The molecule has 116 valence electrons. The molecule has 0 atom stereocenters. The van der Waals surface area contributed by atoms with Crippen molar-refractivity contribution in [2.45, 2.75) is 27.2 Å². The Labute approximate surface area is 124 Å². The fraction of sp³-hybridized carbons (Fsp3) is 0.467. The van der Waals surface area contributed by atoms with Crippen LogP contribution in [0, 0.1) is 12.8 Å². The van der Waals surface area contributed by atoms with E-state index in [9.17, 15) is 9.90 Å². The van der Waals surface area contributed by atoms with Crippen LogP contribution in [0.2, 0.25) is 0 Å². The zero-order valence-electron chi connectivity index (χ0n) is 12.7. The average Bonchev–Trinajstić information content (AvgIpc) is 2.44. The monoisotopic (exact) mass is 293 g/mol. The summed E-state index contributed by atoms with van der Waals surface area (Å²) in [4.78, 5) is 14.2. The van der Waals surface area contributed by atoms with Crippen molar-refractivity contribution in [2.24, 2.45) is 16.8 Å². The molecule has 0 spiro atoms. The lowest BCUT2D eigenvalue weighted by atomic mass is 10.1. The highest BCUT2D eigenvalue weighted by Gasteiger charge is 2.18. The van der Waals surface area contributed by atoms with Gasteiger partial charge in [-0.2, -0.15) is 0 Å². The van der Waals surface area contributed by atoms with Gasteiger partial charge >= 0.3 is 0 Å². The van der Waals surface area contributed by atoms with E-state index < -0.39 is 0 Å². The average molecular weight is 293 g/mol. The van der Waals surface area contributed by atoms with E-state index in [-0.39, 0.29) is 17.5 Å². The van der Waals surface area contributed by atoms with Gasteiger partial charge in [-0.05, 0) is 36.6 Å². The summed E-state index contributed by atoms with van der Waals surface area (Å²) in [7, 11) is 0. The maximum atomic E-state index is 12.5. The van der Waals surface area contributed by atoms with Gasteiger partial charge in [0, 0.05) is 25.1 Å². The Morgan fingerprint density at radius 2 is 2.10 bits per heavy atom. The summed E-state index contributed by atoms with van der Waals surface area (Å²) in [6.07, 6.45) is 0.312. The number of benzene rings is 1. The molecule has 0 aliphatic heterocycles. The molecule has 0 unspecified atom stereocenters. The zero-order chi connectivity index (χ0) is 16.0. The highest BCUT2D eigenvalue weighted by atomic mass is 16.4. The third kappa shape index (κ3) is 4.98. The second-order valence-electron chi connectivity index (χ2n) is 5.49. The van der Waals surface area contributed by atoms with Crippen molar-refractivity contribution in [3.05, 3.63) is 29.3 Å². The van der Waals surface area contributed by atoms with E-state index in [0.717, 1.165) is 0 Å². The van der Waals surface area contributed by atoms with Crippen LogP contribution in [-0.2, 0) is 0 Å². The number of hydrogen-bond acceptors (Lipinski definition) is 4. The number of aryl methyl sites for hydroxylation is 1. The van der Waals surface area contributed by atoms with Crippen LogP contribution in [0.3, 0.4) is 0 Å². The summed E-state index contributed by atoms with van der Waals surface area (Å²) in [5.74, 6) is 0.439. The van der Waals surface area contributed by atoms with Gasteiger partial charge < -0.3 is 20.9 Å². The van der Waals surface area contributed by atoms with Gasteiger partial charge in [-0.15, -0.1) is 0 Å². The third-order valence-corrected chi connectivity index (χ3v) is 3.08.